The van der Waals surface area contributed by atoms with Gasteiger partial charge in [-0.1, -0.05) is 48.5 Å². The number of hydroxylamine groups is 1. The van der Waals surface area contributed by atoms with Crippen molar-refractivity contribution in [2.24, 2.45) is 5.10 Å². The molecule has 0 radical (unpaired) electrons. The van der Waals surface area contributed by atoms with E-state index in [1.54, 1.807) is 30.5 Å². The molecule has 0 aliphatic carbocycles. The summed E-state index contributed by atoms with van der Waals surface area (Å²) in [5, 5.41) is 14.7. The van der Waals surface area contributed by atoms with Gasteiger partial charge in [0, 0.05) is 11.6 Å². The number of hydrogen-bond acceptors (Lipinski definition) is 4. The minimum atomic E-state index is -0.648. The zero-order valence-electron chi connectivity index (χ0n) is 14.3. The van der Waals surface area contributed by atoms with Gasteiger partial charge < -0.3 is 0 Å². The number of amides is 2. The first-order valence-corrected chi connectivity index (χ1v) is 8.20. The molecule has 3 N–H and O–H groups in total. The summed E-state index contributed by atoms with van der Waals surface area (Å²) >= 11 is 0. The molecule has 134 valence electrons. The van der Waals surface area contributed by atoms with Gasteiger partial charge in [-0.05, 0) is 46.2 Å². The maximum Gasteiger partial charge on any atom is 0.271 e. The fraction of sp³-hybridized carbons (Fsp3) is 0. The van der Waals surface area contributed by atoms with Crippen LogP contribution in [0.1, 0.15) is 21.5 Å². The minimum Gasteiger partial charge on any atom is -0.288 e. The van der Waals surface area contributed by atoms with Gasteiger partial charge in [0.05, 0.1) is 6.21 Å². The lowest BCUT2D eigenvalue weighted by atomic mass is 10.1. The maximum absolute atomic E-state index is 12.2. The monoisotopic (exact) mass is 359 g/mol. The van der Waals surface area contributed by atoms with Crippen molar-refractivity contribution in [1.82, 2.24) is 10.9 Å². The van der Waals surface area contributed by atoms with E-state index < -0.39 is 5.91 Å². The first-order valence-electron chi connectivity index (χ1n) is 8.20. The van der Waals surface area contributed by atoms with E-state index in [-0.39, 0.29) is 5.91 Å². The summed E-state index contributed by atoms with van der Waals surface area (Å²) in [6.45, 7) is 0. The highest BCUT2D eigenvalue weighted by Gasteiger charge is 2.04. The second-order valence-corrected chi connectivity index (χ2v) is 5.74. The molecule has 3 aromatic carbocycles. The number of rotatable bonds is 5. The Morgan fingerprint density at radius 2 is 1.70 bits per heavy atom. The Balaban J connectivity index is 1.67. The van der Waals surface area contributed by atoms with Gasteiger partial charge in [0.2, 0.25) is 0 Å². The number of nitrogens with zero attached hydrogens (tertiary/aromatic N) is 1. The summed E-state index contributed by atoms with van der Waals surface area (Å²) in [5.74, 6) is -1.02. The second-order valence-electron chi connectivity index (χ2n) is 5.74. The minimum absolute atomic E-state index is 0.367. The van der Waals surface area contributed by atoms with Gasteiger partial charge in [-0.3, -0.25) is 14.8 Å². The van der Waals surface area contributed by atoms with Crippen LogP contribution in [0.4, 0.5) is 0 Å². The quantitative estimate of drug-likeness (QED) is 0.283. The molecular formula is C21H17N3O3. The topological polar surface area (TPSA) is 90.8 Å². The molecule has 3 rings (SSSR count). The number of hydrogen-bond donors (Lipinski definition) is 3. The SMILES string of the molecule is O=C(C=Cc1cccc(C(=O)NN=Cc2ccc3ccccc3c2)c1)NO. The third kappa shape index (κ3) is 4.87. The number of carbonyl (C=O) groups excluding carboxylic acids is 2. The highest BCUT2D eigenvalue weighted by molar-refractivity contribution is 5.96. The van der Waals surface area contributed by atoms with Gasteiger partial charge in [-0.15, -0.1) is 0 Å². The Morgan fingerprint density at radius 1 is 0.889 bits per heavy atom. The molecule has 27 heavy (non-hydrogen) atoms. The number of benzene rings is 3. The van der Waals surface area contributed by atoms with Gasteiger partial charge in [0.25, 0.3) is 11.8 Å². The van der Waals surface area contributed by atoms with Gasteiger partial charge in [-0.2, -0.15) is 5.10 Å². The molecule has 0 atom stereocenters. The predicted octanol–water partition coefficient (Wildman–Crippen LogP) is 3.12. The summed E-state index contributed by atoms with van der Waals surface area (Å²) in [5.41, 5.74) is 5.91. The molecule has 0 saturated heterocycles. The lowest BCUT2D eigenvalue weighted by Crippen LogP contribution is -2.17. The molecule has 0 bridgehead atoms. The zero-order valence-corrected chi connectivity index (χ0v) is 14.3. The molecule has 6 heteroatoms. The molecular weight excluding hydrogens is 342 g/mol. The van der Waals surface area contributed by atoms with Crippen molar-refractivity contribution in [3.63, 3.8) is 0 Å². The molecule has 0 spiro atoms. The van der Waals surface area contributed by atoms with Crippen LogP contribution in [0.3, 0.4) is 0 Å². The van der Waals surface area contributed by atoms with Crippen LogP contribution in [-0.4, -0.2) is 23.2 Å². The smallest absolute Gasteiger partial charge is 0.271 e. The van der Waals surface area contributed by atoms with Crippen molar-refractivity contribution in [2.45, 2.75) is 0 Å². The first-order chi connectivity index (χ1) is 13.2. The Labute approximate surface area is 155 Å². The molecule has 6 nitrogen and oxygen atoms in total. The standard InChI is InChI=1S/C21H17N3O3/c25-20(24-27)11-9-15-4-3-7-19(12-15)21(26)23-22-14-16-8-10-17-5-1-2-6-18(17)13-16/h1-14,27H,(H,23,26)(H,24,25). The summed E-state index contributed by atoms with van der Waals surface area (Å²) in [6.07, 6.45) is 4.23. The summed E-state index contributed by atoms with van der Waals surface area (Å²) < 4.78 is 0. The van der Waals surface area contributed by atoms with Crippen LogP contribution < -0.4 is 10.9 Å². The summed E-state index contributed by atoms with van der Waals surface area (Å²) in [6, 6.07) is 20.6. The van der Waals surface area contributed by atoms with Crippen LogP contribution >= 0.6 is 0 Å². The van der Waals surface area contributed by atoms with Crippen molar-refractivity contribution in [3.8, 4) is 0 Å². The summed E-state index contributed by atoms with van der Waals surface area (Å²) in [4.78, 5) is 23.2. The molecule has 2 amide bonds. The number of fused-ring (bicyclic) bond motifs is 1. The highest BCUT2D eigenvalue weighted by atomic mass is 16.5. The van der Waals surface area contributed by atoms with Gasteiger partial charge >= 0.3 is 0 Å². The van der Waals surface area contributed by atoms with E-state index in [0.717, 1.165) is 22.4 Å². The van der Waals surface area contributed by atoms with Crippen LogP contribution in [0.5, 0.6) is 0 Å². The molecule has 0 unspecified atom stereocenters. The van der Waals surface area contributed by atoms with Crippen molar-refractivity contribution < 1.29 is 14.8 Å². The van der Waals surface area contributed by atoms with E-state index in [1.165, 1.54) is 11.6 Å². The van der Waals surface area contributed by atoms with Crippen LogP contribution in [0.15, 0.2) is 77.9 Å². The van der Waals surface area contributed by atoms with Crippen LogP contribution in [0, 0.1) is 0 Å². The van der Waals surface area contributed by atoms with Crippen LogP contribution in [0.25, 0.3) is 16.8 Å². The third-order valence-electron chi connectivity index (χ3n) is 3.84. The molecule has 0 aliphatic heterocycles. The van der Waals surface area contributed by atoms with Crippen LogP contribution in [-0.2, 0) is 4.79 Å². The van der Waals surface area contributed by atoms with Gasteiger partial charge in [-0.25, -0.2) is 10.9 Å². The average molecular weight is 359 g/mol. The molecule has 0 saturated carbocycles. The van der Waals surface area contributed by atoms with Crippen molar-refractivity contribution in [3.05, 3.63) is 89.5 Å². The van der Waals surface area contributed by atoms with E-state index in [4.69, 9.17) is 5.21 Å². The number of nitrogens with one attached hydrogen (secondary N) is 2. The Kier molecular flexibility index (Phi) is 5.71. The normalized spacial score (nSPS) is 11.1. The van der Waals surface area contributed by atoms with Gasteiger partial charge in [0.1, 0.15) is 0 Å². The van der Waals surface area contributed by atoms with E-state index in [9.17, 15) is 9.59 Å². The van der Waals surface area contributed by atoms with E-state index in [0.29, 0.717) is 11.1 Å². The largest absolute Gasteiger partial charge is 0.288 e. The highest BCUT2D eigenvalue weighted by Crippen LogP contribution is 2.14. The van der Waals surface area contributed by atoms with Crippen LogP contribution in [0.2, 0.25) is 0 Å². The third-order valence-corrected chi connectivity index (χ3v) is 3.84. The predicted molar refractivity (Wildman–Crippen MR) is 104 cm³/mol. The van der Waals surface area contributed by atoms with Crippen molar-refractivity contribution >= 4 is 34.9 Å². The fourth-order valence-corrected chi connectivity index (χ4v) is 2.51. The van der Waals surface area contributed by atoms with E-state index >= 15 is 0 Å². The van der Waals surface area contributed by atoms with Crippen molar-refractivity contribution in [2.75, 3.05) is 0 Å². The van der Waals surface area contributed by atoms with Crippen molar-refractivity contribution in [1.29, 1.82) is 0 Å². The van der Waals surface area contributed by atoms with E-state index in [1.807, 2.05) is 42.5 Å². The zero-order chi connectivity index (χ0) is 19.1. The number of hydrazone groups is 1. The second kappa shape index (κ2) is 8.55. The maximum atomic E-state index is 12.2. The lowest BCUT2D eigenvalue weighted by molar-refractivity contribution is -0.124. The molecule has 0 aromatic heterocycles. The lowest BCUT2D eigenvalue weighted by Gasteiger charge is -2.02. The molecule has 0 heterocycles. The molecule has 0 fully saturated rings. The fourth-order valence-electron chi connectivity index (χ4n) is 2.51. The van der Waals surface area contributed by atoms with Gasteiger partial charge in [0.15, 0.2) is 0 Å². The molecule has 3 aromatic rings. The Bertz CT molecular complexity index is 1040. The first kappa shape index (κ1) is 18.0. The Morgan fingerprint density at radius 3 is 2.52 bits per heavy atom. The summed E-state index contributed by atoms with van der Waals surface area (Å²) in [7, 11) is 0. The number of carbonyl (C=O) groups is 2. The Hall–Kier alpha value is -3.77. The average Bonchev–Trinajstić information content (AvgIpc) is 2.72. The molecule has 0 aliphatic rings. The van der Waals surface area contributed by atoms with E-state index in [2.05, 4.69) is 10.5 Å².